The number of nitrogens with zero attached hydrogens (tertiary/aromatic N) is 2. The van der Waals surface area contributed by atoms with Crippen LogP contribution in [0.15, 0.2) is 12.1 Å². The molecule has 0 saturated carbocycles. The minimum atomic E-state index is -0.903. The minimum Gasteiger partial charge on any atom is -0.506 e. The molecule has 0 radical (unpaired) electrons. The average molecular weight is 462 g/mol. The van der Waals surface area contributed by atoms with E-state index in [1.54, 1.807) is 25.7 Å². The first-order chi connectivity index (χ1) is 15.2. The number of phenols is 1. The topological polar surface area (TPSA) is 108 Å². The zero-order valence-electron chi connectivity index (χ0n) is 20.4. The van der Waals surface area contributed by atoms with E-state index < -0.39 is 29.0 Å². The highest BCUT2D eigenvalue weighted by atomic mass is 16.6. The summed E-state index contributed by atoms with van der Waals surface area (Å²) in [5.74, 6) is -1.84. The Morgan fingerprint density at radius 2 is 1.61 bits per heavy atom. The Balaban J connectivity index is 1.70. The minimum absolute atomic E-state index is 0.0375. The zero-order chi connectivity index (χ0) is 24.6. The number of rotatable bonds is 2. The van der Waals surface area contributed by atoms with E-state index in [1.165, 1.54) is 6.07 Å². The van der Waals surface area contributed by atoms with Gasteiger partial charge >= 0.3 is 12.1 Å². The SMILES string of the molecule is CC(C)(C)OC(=O)C1CCc2cc(N3CCN(C(=O)OC(C)(C)C)CC3)c(O)cc2NC1=O. The molecule has 2 amide bonds. The van der Waals surface area contributed by atoms with Gasteiger partial charge in [0.2, 0.25) is 5.91 Å². The highest BCUT2D eigenvalue weighted by molar-refractivity contribution is 6.06. The van der Waals surface area contributed by atoms with Gasteiger partial charge in [0.15, 0.2) is 0 Å². The molecule has 1 aromatic rings. The lowest BCUT2D eigenvalue weighted by atomic mass is 9.99. The molecule has 9 heteroatoms. The molecule has 3 rings (SSSR count). The number of carbonyl (C=O) groups is 3. The van der Waals surface area contributed by atoms with Gasteiger partial charge in [0.05, 0.1) is 5.69 Å². The maximum absolute atomic E-state index is 12.6. The van der Waals surface area contributed by atoms with Crippen molar-refractivity contribution in [3.63, 3.8) is 0 Å². The van der Waals surface area contributed by atoms with Crippen LogP contribution in [0.25, 0.3) is 0 Å². The summed E-state index contributed by atoms with van der Waals surface area (Å²) in [6.45, 7) is 12.8. The van der Waals surface area contributed by atoms with Crippen LogP contribution >= 0.6 is 0 Å². The fourth-order valence-corrected chi connectivity index (χ4v) is 3.90. The standard InChI is InChI=1S/C24H35N3O6/c1-23(2,3)32-21(30)16-8-7-15-13-18(19(28)14-17(15)25-20(16)29)26-9-11-27(12-10-26)22(31)33-24(4,5)6/h13-14,16,28H,7-12H2,1-6H3,(H,25,29). The molecular formula is C24H35N3O6. The quantitative estimate of drug-likeness (QED) is 0.514. The van der Waals surface area contributed by atoms with Crippen LogP contribution in [0.3, 0.4) is 0 Å². The number of anilines is 2. The van der Waals surface area contributed by atoms with Crippen molar-refractivity contribution < 1.29 is 29.0 Å². The number of nitrogens with one attached hydrogen (secondary N) is 1. The van der Waals surface area contributed by atoms with Gasteiger partial charge in [-0.3, -0.25) is 9.59 Å². The Hall–Kier alpha value is -2.97. The molecule has 1 atom stereocenters. The Bertz CT molecular complexity index is 923. The number of esters is 1. The molecule has 2 N–H and O–H groups in total. The second-order valence-corrected chi connectivity index (χ2v) is 10.6. The number of ether oxygens (including phenoxy) is 2. The second kappa shape index (κ2) is 9.11. The molecule has 1 unspecified atom stereocenters. The predicted octanol–water partition coefficient (Wildman–Crippen LogP) is 3.29. The third-order valence-corrected chi connectivity index (χ3v) is 5.44. The zero-order valence-corrected chi connectivity index (χ0v) is 20.4. The Kier molecular flexibility index (Phi) is 6.81. The van der Waals surface area contributed by atoms with Gasteiger partial charge in [-0.1, -0.05) is 0 Å². The summed E-state index contributed by atoms with van der Waals surface area (Å²) in [6, 6.07) is 3.38. The van der Waals surface area contributed by atoms with Crippen LogP contribution in [-0.2, 0) is 25.5 Å². The number of piperazine rings is 1. The van der Waals surface area contributed by atoms with Crippen LogP contribution in [0.1, 0.15) is 53.5 Å². The molecule has 1 saturated heterocycles. The number of aromatic hydroxyl groups is 1. The van der Waals surface area contributed by atoms with Crippen LogP contribution in [0.2, 0.25) is 0 Å². The van der Waals surface area contributed by atoms with Crippen LogP contribution in [0.4, 0.5) is 16.2 Å². The monoisotopic (exact) mass is 461 g/mol. The molecule has 0 spiro atoms. The third-order valence-electron chi connectivity index (χ3n) is 5.44. The summed E-state index contributed by atoms with van der Waals surface area (Å²) in [5.41, 5.74) is 0.758. The average Bonchev–Trinajstić information content (AvgIpc) is 2.82. The van der Waals surface area contributed by atoms with E-state index in [-0.39, 0.29) is 11.8 Å². The number of aryl methyl sites for hydroxylation is 1. The Morgan fingerprint density at radius 3 is 2.18 bits per heavy atom. The molecule has 1 aromatic carbocycles. The lowest BCUT2D eigenvalue weighted by molar-refractivity contribution is -0.161. The largest absolute Gasteiger partial charge is 0.506 e. The summed E-state index contributed by atoms with van der Waals surface area (Å²) in [5, 5.41) is 13.4. The van der Waals surface area contributed by atoms with Gasteiger partial charge < -0.3 is 29.7 Å². The first kappa shape index (κ1) is 24.7. The van der Waals surface area contributed by atoms with Crippen LogP contribution in [0, 0.1) is 5.92 Å². The number of fused-ring (bicyclic) bond motifs is 1. The smallest absolute Gasteiger partial charge is 0.410 e. The van der Waals surface area contributed by atoms with Crippen molar-refractivity contribution in [2.45, 2.75) is 65.6 Å². The van der Waals surface area contributed by atoms with Gasteiger partial charge in [0.25, 0.3) is 0 Å². The normalized spacial score (nSPS) is 19.3. The molecule has 2 heterocycles. The van der Waals surface area contributed by atoms with Crippen molar-refractivity contribution in [2.75, 3.05) is 36.4 Å². The first-order valence-corrected chi connectivity index (χ1v) is 11.4. The maximum Gasteiger partial charge on any atom is 0.410 e. The Labute approximate surface area is 195 Å². The summed E-state index contributed by atoms with van der Waals surface area (Å²) in [7, 11) is 0. The Morgan fingerprint density at radius 1 is 1.00 bits per heavy atom. The van der Waals surface area contributed by atoms with Crippen LogP contribution in [-0.4, -0.2) is 65.4 Å². The van der Waals surface area contributed by atoms with E-state index in [9.17, 15) is 19.5 Å². The fraction of sp³-hybridized carbons (Fsp3) is 0.625. The molecule has 0 aromatic heterocycles. The molecule has 182 valence electrons. The van der Waals surface area contributed by atoms with Gasteiger partial charge in [-0.25, -0.2) is 4.79 Å². The number of hydrogen-bond donors (Lipinski definition) is 2. The number of hydrogen-bond acceptors (Lipinski definition) is 7. The third kappa shape index (κ3) is 6.30. The van der Waals surface area contributed by atoms with E-state index in [0.29, 0.717) is 50.4 Å². The van der Waals surface area contributed by atoms with E-state index >= 15 is 0 Å². The maximum atomic E-state index is 12.6. The highest BCUT2D eigenvalue weighted by Crippen LogP contribution is 2.37. The highest BCUT2D eigenvalue weighted by Gasteiger charge is 2.34. The lowest BCUT2D eigenvalue weighted by Crippen LogP contribution is -2.50. The van der Waals surface area contributed by atoms with Crippen molar-refractivity contribution in [1.29, 1.82) is 0 Å². The molecule has 9 nitrogen and oxygen atoms in total. The predicted molar refractivity (Wildman–Crippen MR) is 124 cm³/mol. The fourth-order valence-electron chi connectivity index (χ4n) is 3.90. The number of carbonyl (C=O) groups excluding carboxylic acids is 3. The first-order valence-electron chi connectivity index (χ1n) is 11.4. The lowest BCUT2D eigenvalue weighted by Gasteiger charge is -2.37. The number of phenolic OH excluding ortho intramolecular Hbond substituents is 1. The molecule has 0 bridgehead atoms. The summed E-state index contributed by atoms with van der Waals surface area (Å²) >= 11 is 0. The molecule has 33 heavy (non-hydrogen) atoms. The summed E-state index contributed by atoms with van der Waals surface area (Å²) in [4.78, 5) is 41.1. The van der Waals surface area contributed by atoms with Gasteiger partial charge in [-0.15, -0.1) is 0 Å². The molecule has 2 aliphatic rings. The van der Waals surface area contributed by atoms with Crippen molar-refractivity contribution >= 4 is 29.3 Å². The van der Waals surface area contributed by atoms with Gasteiger partial charge in [-0.05, 0) is 66.0 Å². The van der Waals surface area contributed by atoms with Crippen molar-refractivity contribution in [3.8, 4) is 5.75 Å². The second-order valence-electron chi connectivity index (χ2n) is 10.6. The van der Waals surface area contributed by atoms with Crippen molar-refractivity contribution in [2.24, 2.45) is 5.92 Å². The molecule has 0 aliphatic carbocycles. The van der Waals surface area contributed by atoms with Gasteiger partial charge in [0.1, 0.15) is 22.9 Å². The van der Waals surface area contributed by atoms with E-state index in [0.717, 1.165) is 5.56 Å². The molecule has 1 fully saturated rings. The van der Waals surface area contributed by atoms with Crippen LogP contribution in [0.5, 0.6) is 5.75 Å². The van der Waals surface area contributed by atoms with Gasteiger partial charge in [-0.2, -0.15) is 0 Å². The van der Waals surface area contributed by atoms with Crippen molar-refractivity contribution in [3.05, 3.63) is 17.7 Å². The summed E-state index contributed by atoms with van der Waals surface area (Å²) in [6.07, 6.45) is 0.470. The molecular weight excluding hydrogens is 426 g/mol. The van der Waals surface area contributed by atoms with E-state index in [4.69, 9.17) is 9.47 Å². The number of amides is 2. The number of benzene rings is 1. The molecule has 2 aliphatic heterocycles. The van der Waals surface area contributed by atoms with Gasteiger partial charge in [0, 0.05) is 37.9 Å². The van der Waals surface area contributed by atoms with Crippen LogP contribution < -0.4 is 10.2 Å². The van der Waals surface area contributed by atoms with E-state index in [1.807, 2.05) is 31.7 Å². The summed E-state index contributed by atoms with van der Waals surface area (Å²) < 4.78 is 10.8. The van der Waals surface area contributed by atoms with E-state index in [2.05, 4.69) is 5.32 Å². The van der Waals surface area contributed by atoms with Crippen molar-refractivity contribution in [1.82, 2.24) is 4.90 Å².